The molecule has 6 heteroatoms. The molecule has 18 heavy (non-hydrogen) atoms. The highest BCUT2D eigenvalue weighted by atomic mass is 32.1. The van der Waals surface area contributed by atoms with Gasteiger partial charge in [0.1, 0.15) is 17.5 Å². The Morgan fingerprint density at radius 3 is 2.89 bits per heavy atom. The van der Waals surface area contributed by atoms with Gasteiger partial charge in [0, 0.05) is 36.5 Å². The monoisotopic (exact) mass is 263 g/mol. The summed E-state index contributed by atoms with van der Waals surface area (Å²) >= 11 is 1.66. The van der Waals surface area contributed by atoms with Crippen LogP contribution in [-0.2, 0) is 6.42 Å². The molecule has 2 rings (SSSR count). The number of nitrogens with zero attached hydrogens (tertiary/aromatic N) is 3. The fraction of sp³-hybridized carbons (Fsp3) is 0.417. The first-order valence-electron chi connectivity index (χ1n) is 5.92. The van der Waals surface area contributed by atoms with E-state index in [1.807, 2.05) is 25.4 Å². The largest absolute Gasteiger partial charge is 0.384 e. The normalized spacial score (nSPS) is 10.8. The average Bonchev–Trinajstić information content (AvgIpc) is 2.81. The van der Waals surface area contributed by atoms with Gasteiger partial charge < -0.3 is 11.1 Å². The van der Waals surface area contributed by atoms with Gasteiger partial charge in [0.15, 0.2) is 0 Å². The molecule has 0 aliphatic heterocycles. The van der Waals surface area contributed by atoms with Crippen LogP contribution in [0, 0.1) is 0 Å². The molecule has 0 amide bonds. The van der Waals surface area contributed by atoms with Crippen LogP contribution >= 0.6 is 11.3 Å². The quantitative estimate of drug-likeness (QED) is 0.865. The van der Waals surface area contributed by atoms with Crippen molar-refractivity contribution in [1.82, 2.24) is 15.0 Å². The minimum atomic E-state index is 0.271. The summed E-state index contributed by atoms with van der Waals surface area (Å²) in [4.78, 5) is 12.9. The van der Waals surface area contributed by atoms with E-state index < -0.39 is 0 Å². The number of rotatable bonds is 5. The molecule has 0 aromatic carbocycles. The minimum Gasteiger partial charge on any atom is -0.384 e. The molecule has 0 radical (unpaired) electrons. The molecule has 2 heterocycles. The number of nitrogens with two attached hydrogens (primary N) is 1. The maximum Gasteiger partial charge on any atom is 0.135 e. The highest BCUT2D eigenvalue weighted by Gasteiger charge is 2.06. The lowest BCUT2D eigenvalue weighted by atomic mass is 10.2. The first kappa shape index (κ1) is 12.8. The third kappa shape index (κ3) is 3.40. The average molecular weight is 263 g/mol. The number of nitrogens with one attached hydrogen (secondary N) is 1. The molecule has 0 saturated heterocycles. The van der Waals surface area contributed by atoms with E-state index >= 15 is 0 Å². The van der Waals surface area contributed by atoms with Gasteiger partial charge in [-0.1, -0.05) is 13.8 Å². The molecular formula is C12H17N5S. The van der Waals surface area contributed by atoms with Gasteiger partial charge in [-0.05, 0) is 0 Å². The van der Waals surface area contributed by atoms with Gasteiger partial charge in [-0.2, -0.15) is 0 Å². The molecule has 2 aromatic rings. The lowest BCUT2D eigenvalue weighted by Crippen LogP contribution is -2.10. The fourth-order valence-corrected chi connectivity index (χ4v) is 2.13. The number of thiazole rings is 1. The molecule has 0 saturated carbocycles. The topological polar surface area (TPSA) is 76.7 Å². The zero-order valence-corrected chi connectivity index (χ0v) is 11.4. The first-order chi connectivity index (χ1) is 8.65. The van der Waals surface area contributed by atoms with Crippen molar-refractivity contribution in [3.05, 3.63) is 28.5 Å². The minimum absolute atomic E-state index is 0.271. The van der Waals surface area contributed by atoms with E-state index in [1.165, 1.54) is 0 Å². The molecule has 2 aromatic heterocycles. The third-order valence-electron chi connectivity index (χ3n) is 2.41. The van der Waals surface area contributed by atoms with Gasteiger partial charge in [0.05, 0.1) is 5.01 Å². The van der Waals surface area contributed by atoms with Crippen molar-refractivity contribution in [1.29, 1.82) is 0 Å². The van der Waals surface area contributed by atoms with Gasteiger partial charge in [-0.15, -0.1) is 11.3 Å². The Morgan fingerprint density at radius 2 is 2.22 bits per heavy atom. The van der Waals surface area contributed by atoms with Crippen molar-refractivity contribution in [3.8, 4) is 0 Å². The lowest BCUT2D eigenvalue weighted by Gasteiger charge is -2.09. The van der Waals surface area contributed by atoms with E-state index in [9.17, 15) is 0 Å². The van der Waals surface area contributed by atoms with Crippen molar-refractivity contribution in [2.75, 3.05) is 17.6 Å². The van der Waals surface area contributed by atoms with Crippen LogP contribution in [0.5, 0.6) is 0 Å². The molecule has 0 unspecified atom stereocenters. The van der Waals surface area contributed by atoms with Gasteiger partial charge in [0.25, 0.3) is 0 Å². The Hall–Kier alpha value is -1.69. The van der Waals surface area contributed by atoms with Crippen molar-refractivity contribution in [2.24, 2.45) is 0 Å². The smallest absolute Gasteiger partial charge is 0.135 e. The van der Waals surface area contributed by atoms with Crippen LogP contribution in [0.2, 0.25) is 0 Å². The van der Waals surface area contributed by atoms with E-state index in [-0.39, 0.29) is 5.92 Å². The Morgan fingerprint density at radius 1 is 1.39 bits per heavy atom. The number of hydrogen-bond donors (Lipinski definition) is 2. The summed E-state index contributed by atoms with van der Waals surface area (Å²) < 4.78 is 0. The predicted molar refractivity (Wildman–Crippen MR) is 74.8 cm³/mol. The van der Waals surface area contributed by atoms with Gasteiger partial charge in [-0.25, -0.2) is 15.0 Å². The Bertz CT molecular complexity index is 495. The lowest BCUT2D eigenvalue weighted by molar-refractivity contribution is 0.776. The first-order valence-corrected chi connectivity index (χ1v) is 6.80. The molecule has 0 bridgehead atoms. The van der Waals surface area contributed by atoms with Crippen LogP contribution in [-0.4, -0.2) is 21.5 Å². The van der Waals surface area contributed by atoms with E-state index in [4.69, 9.17) is 5.73 Å². The van der Waals surface area contributed by atoms with Crippen LogP contribution in [0.4, 0.5) is 11.6 Å². The molecule has 0 aliphatic rings. The highest BCUT2D eigenvalue weighted by Crippen LogP contribution is 2.15. The van der Waals surface area contributed by atoms with E-state index in [2.05, 4.69) is 20.3 Å². The molecule has 5 nitrogen and oxygen atoms in total. The molecule has 0 spiro atoms. The second-order valence-electron chi connectivity index (χ2n) is 4.29. The molecule has 96 valence electrons. The van der Waals surface area contributed by atoms with Gasteiger partial charge in [0.2, 0.25) is 0 Å². The van der Waals surface area contributed by atoms with E-state index in [1.54, 1.807) is 17.4 Å². The van der Waals surface area contributed by atoms with Crippen molar-refractivity contribution < 1.29 is 0 Å². The fourth-order valence-electron chi connectivity index (χ4n) is 1.51. The summed E-state index contributed by atoms with van der Waals surface area (Å²) in [6.07, 6.45) is 2.71. The second kappa shape index (κ2) is 5.77. The van der Waals surface area contributed by atoms with Crippen molar-refractivity contribution >= 4 is 23.0 Å². The van der Waals surface area contributed by atoms with E-state index in [0.29, 0.717) is 5.82 Å². The highest BCUT2D eigenvalue weighted by molar-refractivity contribution is 7.09. The van der Waals surface area contributed by atoms with Crippen molar-refractivity contribution in [3.63, 3.8) is 0 Å². The Labute approximate surface area is 111 Å². The molecular weight excluding hydrogens is 246 g/mol. The van der Waals surface area contributed by atoms with Crippen LogP contribution in [0.15, 0.2) is 17.6 Å². The van der Waals surface area contributed by atoms with Crippen LogP contribution < -0.4 is 11.1 Å². The van der Waals surface area contributed by atoms with Gasteiger partial charge in [-0.3, -0.25) is 0 Å². The Balaban J connectivity index is 1.96. The second-order valence-corrected chi connectivity index (χ2v) is 5.27. The van der Waals surface area contributed by atoms with Gasteiger partial charge >= 0.3 is 0 Å². The summed E-state index contributed by atoms with van der Waals surface area (Å²) in [7, 11) is 0. The SMILES string of the molecule is CC(C)c1nc(N)cc(NCCc2nccs2)n1. The van der Waals surface area contributed by atoms with E-state index in [0.717, 1.165) is 29.6 Å². The molecule has 3 N–H and O–H groups in total. The summed E-state index contributed by atoms with van der Waals surface area (Å²) in [6, 6.07) is 1.76. The summed E-state index contributed by atoms with van der Waals surface area (Å²) in [5, 5.41) is 6.35. The Kier molecular flexibility index (Phi) is 4.09. The summed E-state index contributed by atoms with van der Waals surface area (Å²) in [5.41, 5.74) is 5.76. The number of nitrogen functional groups attached to an aromatic ring is 1. The number of hydrogen-bond acceptors (Lipinski definition) is 6. The zero-order valence-electron chi connectivity index (χ0n) is 10.6. The third-order valence-corrected chi connectivity index (χ3v) is 3.25. The maximum atomic E-state index is 5.76. The van der Waals surface area contributed by atoms with Crippen LogP contribution in [0.1, 0.15) is 30.6 Å². The maximum absolute atomic E-state index is 5.76. The zero-order chi connectivity index (χ0) is 13.0. The van der Waals surface area contributed by atoms with Crippen LogP contribution in [0.25, 0.3) is 0 Å². The molecule has 0 aliphatic carbocycles. The van der Waals surface area contributed by atoms with Crippen molar-refractivity contribution in [2.45, 2.75) is 26.2 Å². The summed E-state index contributed by atoms with van der Waals surface area (Å²) in [5.74, 6) is 2.33. The van der Waals surface area contributed by atoms with Crippen LogP contribution in [0.3, 0.4) is 0 Å². The number of aromatic nitrogens is 3. The standard InChI is InChI=1S/C12H17N5S/c1-8(2)12-16-9(13)7-10(17-12)14-4-3-11-15-5-6-18-11/h5-8H,3-4H2,1-2H3,(H3,13,14,16,17). The summed E-state index contributed by atoms with van der Waals surface area (Å²) in [6.45, 7) is 4.89. The number of anilines is 2. The predicted octanol–water partition coefficient (Wildman–Crippen LogP) is 2.29. The molecule has 0 fully saturated rings. The molecule has 0 atom stereocenters.